The van der Waals surface area contributed by atoms with Crippen LogP contribution in [0, 0.1) is 17.8 Å². The molecule has 2 rings (SSSR count). The number of rotatable bonds is 17. The highest BCUT2D eigenvalue weighted by molar-refractivity contribution is 5.97. The molecule has 0 bridgehead atoms. The van der Waals surface area contributed by atoms with Crippen molar-refractivity contribution in [2.75, 3.05) is 26.4 Å². The number of ketones is 3. The van der Waals surface area contributed by atoms with E-state index in [0.717, 1.165) is 11.1 Å². The second-order valence-electron chi connectivity index (χ2n) is 10.6. The molecule has 1 aromatic heterocycles. The van der Waals surface area contributed by atoms with Crippen LogP contribution in [0.4, 0.5) is 0 Å². The van der Waals surface area contributed by atoms with Crippen LogP contribution in [-0.2, 0) is 19.1 Å². The number of nitrogens with one attached hydrogen (secondary N) is 1. The van der Waals surface area contributed by atoms with Crippen molar-refractivity contribution in [3.05, 3.63) is 53.9 Å². The van der Waals surface area contributed by atoms with Gasteiger partial charge in [0.2, 0.25) is 0 Å². The van der Waals surface area contributed by atoms with E-state index in [2.05, 4.69) is 10.3 Å². The maximum Gasteiger partial charge on any atom is 0.270 e. The molecule has 1 aromatic carbocycles. The summed E-state index contributed by atoms with van der Waals surface area (Å²) in [5, 5.41) is 2.89. The third-order valence-corrected chi connectivity index (χ3v) is 6.27. The zero-order valence-electron chi connectivity index (χ0n) is 24.0. The lowest BCUT2D eigenvalue weighted by Gasteiger charge is -2.19. The molecule has 212 valence electrons. The van der Waals surface area contributed by atoms with Gasteiger partial charge < -0.3 is 14.8 Å². The minimum atomic E-state index is -0.478. The van der Waals surface area contributed by atoms with Gasteiger partial charge in [-0.1, -0.05) is 71.9 Å². The van der Waals surface area contributed by atoms with Gasteiger partial charge >= 0.3 is 0 Å². The smallest absolute Gasteiger partial charge is 0.270 e. The Hall–Kier alpha value is -3.23. The first kappa shape index (κ1) is 32.0. The molecule has 0 atom stereocenters. The number of ether oxygens (including phenoxy) is 2. The van der Waals surface area contributed by atoms with Gasteiger partial charge in [0, 0.05) is 47.9 Å². The second kappa shape index (κ2) is 16.0. The molecule has 0 saturated heterocycles. The van der Waals surface area contributed by atoms with Crippen LogP contribution in [0.5, 0.6) is 0 Å². The van der Waals surface area contributed by atoms with Gasteiger partial charge in [-0.3, -0.25) is 24.2 Å². The maximum absolute atomic E-state index is 12.9. The lowest BCUT2D eigenvalue weighted by molar-refractivity contribution is -0.123. The second-order valence-corrected chi connectivity index (χ2v) is 10.6. The minimum absolute atomic E-state index is 0.0551. The molecule has 0 aliphatic heterocycles. The molecular weight excluding hydrogens is 496 g/mol. The van der Waals surface area contributed by atoms with Crippen LogP contribution in [0.25, 0.3) is 11.1 Å². The normalized spacial score (nSPS) is 11.4. The summed E-state index contributed by atoms with van der Waals surface area (Å²) in [6.45, 7) is 12.0. The van der Waals surface area contributed by atoms with Gasteiger partial charge in [-0.05, 0) is 11.6 Å². The fourth-order valence-corrected chi connectivity index (χ4v) is 3.62. The van der Waals surface area contributed by atoms with Crippen molar-refractivity contribution in [3.63, 3.8) is 0 Å². The molecule has 0 radical (unpaired) electrons. The van der Waals surface area contributed by atoms with Crippen LogP contribution in [-0.4, -0.2) is 60.7 Å². The highest BCUT2D eigenvalue weighted by Crippen LogP contribution is 2.20. The number of aromatic nitrogens is 1. The Morgan fingerprint density at radius 1 is 0.718 bits per heavy atom. The molecule has 8 heteroatoms. The summed E-state index contributed by atoms with van der Waals surface area (Å²) < 4.78 is 11.3. The first-order valence-electron chi connectivity index (χ1n) is 13.6. The summed E-state index contributed by atoms with van der Waals surface area (Å²) in [4.78, 5) is 53.1. The van der Waals surface area contributed by atoms with Gasteiger partial charge in [0.15, 0.2) is 5.78 Å². The molecule has 0 saturated carbocycles. The van der Waals surface area contributed by atoms with Gasteiger partial charge in [0.25, 0.3) is 5.91 Å². The highest BCUT2D eigenvalue weighted by Gasteiger charge is 2.17. The SMILES string of the molecule is CC(C)C(=O)CCOCC(COCCC(=O)C(C)C)NC(=O)c1ccc(-c2ccc(C(=O)C(C)C)cc2)cn1. The fraction of sp³-hybridized carbons (Fsp3) is 0.516. The molecule has 1 amide bonds. The fourth-order valence-electron chi connectivity index (χ4n) is 3.62. The van der Waals surface area contributed by atoms with Gasteiger partial charge in [-0.15, -0.1) is 0 Å². The molecular formula is C31H42N2O6. The van der Waals surface area contributed by atoms with E-state index >= 15 is 0 Å². The number of nitrogens with zero attached hydrogens (tertiary/aromatic N) is 1. The Kier molecular flexibility index (Phi) is 13.1. The first-order chi connectivity index (χ1) is 18.5. The Morgan fingerprint density at radius 3 is 1.67 bits per heavy atom. The number of carbonyl (C=O) groups is 4. The summed E-state index contributed by atoms with van der Waals surface area (Å²) in [6, 6.07) is 10.3. The summed E-state index contributed by atoms with van der Waals surface area (Å²) in [6.07, 6.45) is 2.22. The van der Waals surface area contributed by atoms with Crippen LogP contribution in [0.2, 0.25) is 0 Å². The summed E-state index contributed by atoms with van der Waals surface area (Å²) in [5.74, 6) is -0.241. The molecule has 0 aliphatic carbocycles. The van der Waals surface area contributed by atoms with Crippen molar-refractivity contribution in [3.8, 4) is 11.1 Å². The summed E-state index contributed by atoms with van der Waals surface area (Å²) >= 11 is 0. The van der Waals surface area contributed by atoms with Gasteiger partial charge in [0.1, 0.15) is 17.3 Å². The zero-order chi connectivity index (χ0) is 28.9. The van der Waals surface area contributed by atoms with E-state index in [0.29, 0.717) is 18.4 Å². The quantitative estimate of drug-likeness (QED) is 0.224. The van der Waals surface area contributed by atoms with Crippen molar-refractivity contribution in [1.82, 2.24) is 10.3 Å². The largest absolute Gasteiger partial charge is 0.379 e. The molecule has 0 unspecified atom stereocenters. The van der Waals surface area contributed by atoms with Crippen molar-refractivity contribution < 1.29 is 28.7 Å². The van der Waals surface area contributed by atoms with Gasteiger partial charge in [-0.25, -0.2) is 0 Å². The highest BCUT2D eigenvalue weighted by atomic mass is 16.5. The van der Waals surface area contributed by atoms with E-state index < -0.39 is 6.04 Å². The minimum Gasteiger partial charge on any atom is -0.379 e. The predicted molar refractivity (Wildman–Crippen MR) is 151 cm³/mol. The van der Waals surface area contributed by atoms with Crippen LogP contribution >= 0.6 is 0 Å². The number of Topliss-reactive ketones (excluding diaryl/α,β-unsaturated/α-hetero) is 3. The van der Waals surface area contributed by atoms with E-state index in [1.807, 2.05) is 53.7 Å². The van der Waals surface area contributed by atoms with Crippen molar-refractivity contribution >= 4 is 23.3 Å². The molecule has 0 fully saturated rings. The maximum atomic E-state index is 12.9. The number of pyridine rings is 1. The Labute approximate surface area is 231 Å². The van der Waals surface area contributed by atoms with Crippen molar-refractivity contribution in [2.24, 2.45) is 17.8 Å². The number of hydrogen-bond donors (Lipinski definition) is 1. The Balaban J connectivity index is 1.99. The molecule has 0 aliphatic rings. The third kappa shape index (κ3) is 10.8. The number of carbonyl (C=O) groups excluding carboxylic acids is 4. The lowest BCUT2D eigenvalue weighted by Crippen LogP contribution is -2.42. The first-order valence-corrected chi connectivity index (χ1v) is 13.6. The number of benzene rings is 1. The summed E-state index contributed by atoms with van der Waals surface area (Å²) in [7, 11) is 0. The zero-order valence-corrected chi connectivity index (χ0v) is 24.0. The molecule has 0 spiro atoms. The van der Waals surface area contributed by atoms with E-state index in [1.165, 1.54) is 0 Å². The monoisotopic (exact) mass is 538 g/mol. The van der Waals surface area contributed by atoms with E-state index in [9.17, 15) is 19.2 Å². The molecule has 1 heterocycles. The average Bonchev–Trinajstić information content (AvgIpc) is 2.92. The van der Waals surface area contributed by atoms with Gasteiger partial charge in [-0.2, -0.15) is 0 Å². The Morgan fingerprint density at radius 2 is 1.23 bits per heavy atom. The average molecular weight is 539 g/mol. The third-order valence-electron chi connectivity index (χ3n) is 6.27. The predicted octanol–water partition coefficient (Wildman–Crippen LogP) is 4.95. The number of amides is 1. The van der Waals surface area contributed by atoms with Crippen LogP contribution in [0.1, 0.15) is 75.2 Å². The molecule has 1 N–H and O–H groups in total. The lowest BCUT2D eigenvalue weighted by atomic mass is 9.98. The van der Waals surface area contributed by atoms with Crippen LogP contribution < -0.4 is 5.32 Å². The van der Waals surface area contributed by atoms with Gasteiger partial charge in [0.05, 0.1) is 32.5 Å². The van der Waals surface area contributed by atoms with Crippen molar-refractivity contribution in [1.29, 1.82) is 0 Å². The summed E-state index contributed by atoms with van der Waals surface area (Å²) in [5.41, 5.74) is 2.61. The van der Waals surface area contributed by atoms with Crippen molar-refractivity contribution in [2.45, 2.75) is 60.4 Å². The van der Waals surface area contributed by atoms with E-state index in [-0.39, 0.29) is 73.1 Å². The number of hydrogen-bond acceptors (Lipinski definition) is 7. The van der Waals surface area contributed by atoms with E-state index in [4.69, 9.17) is 9.47 Å². The van der Waals surface area contributed by atoms with Crippen LogP contribution in [0.3, 0.4) is 0 Å². The molecule has 8 nitrogen and oxygen atoms in total. The molecule has 39 heavy (non-hydrogen) atoms. The van der Waals surface area contributed by atoms with E-state index in [1.54, 1.807) is 30.5 Å². The Bertz CT molecular complexity index is 1060. The standard InChI is InChI=1S/C31H42N2O6/c1-20(2)28(34)13-15-38-18-26(19-39-16-14-29(35)21(3)4)33-31(37)27-12-11-25(17-32-27)23-7-9-24(10-8-23)30(36)22(5)6/h7-12,17,20-22,26H,13-16,18-19H2,1-6H3,(H,33,37). The topological polar surface area (TPSA) is 112 Å². The molecule has 2 aromatic rings. The van der Waals surface area contributed by atoms with Crippen LogP contribution in [0.15, 0.2) is 42.6 Å².